The van der Waals surface area contributed by atoms with Crippen molar-refractivity contribution >= 4 is 5.91 Å². The van der Waals surface area contributed by atoms with E-state index in [9.17, 15) is 4.79 Å². The van der Waals surface area contributed by atoms with E-state index in [2.05, 4.69) is 80.3 Å². The van der Waals surface area contributed by atoms with E-state index in [-0.39, 0.29) is 17.0 Å². The summed E-state index contributed by atoms with van der Waals surface area (Å²) in [7, 11) is 0. The Morgan fingerprint density at radius 2 is 1.60 bits per heavy atom. The van der Waals surface area contributed by atoms with Crippen LogP contribution in [-0.4, -0.2) is 62.0 Å². The molecule has 1 aromatic heterocycles. The summed E-state index contributed by atoms with van der Waals surface area (Å²) in [6, 6.07) is 12.4. The highest BCUT2D eigenvalue weighted by Gasteiger charge is 2.29. The lowest BCUT2D eigenvalue weighted by molar-refractivity contribution is 0.0342. The molecule has 0 unspecified atom stereocenters. The SMILES string of the molecule is CCCCOc1cc(OCCCC)c(C(C)(C)C)cc1-c1onc(C(=O)NCC)c1-c1ccc(CN2CCOCC2)cc1. The second kappa shape index (κ2) is 15.4. The first-order valence-electron chi connectivity index (χ1n) is 15.9. The lowest BCUT2D eigenvalue weighted by Crippen LogP contribution is -2.35. The molecule has 1 saturated heterocycles. The lowest BCUT2D eigenvalue weighted by Gasteiger charge is -2.26. The number of carbonyl (C=O) groups is 1. The number of unbranched alkanes of at least 4 members (excludes halogenated alkanes) is 2. The van der Waals surface area contributed by atoms with Gasteiger partial charge in [0.15, 0.2) is 11.5 Å². The van der Waals surface area contributed by atoms with Gasteiger partial charge in [0.2, 0.25) is 0 Å². The number of rotatable bonds is 14. The van der Waals surface area contributed by atoms with Crippen LogP contribution >= 0.6 is 0 Å². The molecular formula is C35H49N3O5. The average molecular weight is 592 g/mol. The van der Waals surface area contributed by atoms with Gasteiger partial charge in [-0.3, -0.25) is 9.69 Å². The number of nitrogens with one attached hydrogen (secondary N) is 1. The molecule has 0 bridgehead atoms. The van der Waals surface area contributed by atoms with Crippen LogP contribution in [0.1, 0.15) is 88.8 Å². The van der Waals surface area contributed by atoms with E-state index >= 15 is 0 Å². The predicted octanol–water partition coefficient (Wildman–Crippen LogP) is 7.25. The number of nitrogens with zero attached hydrogens (tertiary/aromatic N) is 2. The van der Waals surface area contributed by atoms with Crippen molar-refractivity contribution in [1.82, 2.24) is 15.4 Å². The zero-order valence-electron chi connectivity index (χ0n) is 26.9. The number of carbonyl (C=O) groups excluding carboxylic acids is 1. The first-order chi connectivity index (χ1) is 20.8. The number of hydrogen-bond acceptors (Lipinski definition) is 7. The Morgan fingerprint density at radius 1 is 0.953 bits per heavy atom. The van der Waals surface area contributed by atoms with E-state index in [4.69, 9.17) is 18.7 Å². The summed E-state index contributed by atoms with van der Waals surface area (Å²) < 4.78 is 24.2. The highest BCUT2D eigenvalue weighted by atomic mass is 16.5. The van der Waals surface area contributed by atoms with Crippen LogP contribution in [0.5, 0.6) is 11.5 Å². The first kappa shape index (κ1) is 32.6. The molecule has 4 rings (SSSR count). The molecule has 0 spiro atoms. The maximum absolute atomic E-state index is 13.2. The molecule has 1 aliphatic rings. The van der Waals surface area contributed by atoms with Gasteiger partial charge >= 0.3 is 0 Å². The minimum Gasteiger partial charge on any atom is -0.493 e. The third kappa shape index (κ3) is 8.39. The number of morpholine rings is 1. The number of ether oxygens (including phenoxy) is 3. The summed E-state index contributed by atoms with van der Waals surface area (Å²) in [4.78, 5) is 15.6. The van der Waals surface area contributed by atoms with Crippen molar-refractivity contribution in [2.45, 2.75) is 79.2 Å². The molecule has 43 heavy (non-hydrogen) atoms. The predicted molar refractivity (Wildman–Crippen MR) is 171 cm³/mol. The maximum atomic E-state index is 13.2. The summed E-state index contributed by atoms with van der Waals surface area (Å²) >= 11 is 0. The average Bonchev–Trinajstić information content (AvgIpc) is 3.43. The summed E-state index contributed by atoms with van der Waals surface area (Å²) in [6.07, 6.45) is 3.96. The second-order valence-electron chi connectivity index (χ2n) is 12.2. The van der Waals surface area contributed by atoms with Crippen molar-refractivity contribution in [3.63, 3.8) is 0 Å². The van der Waals surface area contributed by atoms with Crippen LogP contribution < -0.4 is 14.8 Å². The van der Waals surface area contributed by atoms with E-state index in [0.29, 0.717) is 36.8 Å². The van der Waals surface area contributed by atoms with Gasteiger partial charge in [-0.1, -0.05) is 76.9 Å². The second-order valence-corrected chi connectivity index (χ2v) is 12.2. The van der Waals surface area contributed by atoms with Gasteiger partial charge in [-0.05, 0) is 42.4 Å². The van der Waals surface area contributed by atoms with E-state index in [0.717, 1.165) is 81.0 Å². The fourth-order valence-corrected chi connectivity index (χ4v) is 5.15. The highest BCUT2D eigenvalue weighted by Crippen LogP contribution is 2.45. The van der Waals surface area contributed by atoms with Crippen LogP contribution in [0.4, 0.5) is 0 Å². The molecule has 234 valence electrons. The Hall–Kier alpha value is -3.36. The van der Waals surface area contributed by atoms with Crippen LogP contribution in [0.2, 0.25) is 0 Å². The number of hydrogen-bond donors (Lipinski definition) is 1. The Kier molecular flexibility index (Phi) is 11.7. The van der Waals surface area contributed by atoms with Crippen molar-refractivity contribution in [3.05, 3.63) is 53.2 Å². The standard InChI is InChI=1S/C35H49N3O5/c1-7-10-18-41-29-23-30(42-19-11-8-2)28(35(4,5)6)22-27(29)33-31(32(37-43-33)34(39)36-9-3)26-14-12-25(13-15-26)24-38-16-20-40-21-17-38/h12-15,22-23H,7-11,16-21,24H2,1-6H3,(H,36,39). The molecule has 0 aliphatic carbocycles. The third-order valence-corrected chi connectivity index (χ3v) is 7.64. The topological polar surface area (TPSA) is 86.1 Å². The van der Waals surface area contributed by atoms with Gasteiger partial charge in [0.25, 0.3) is 5.91 Å². The van der Waals surface area contributed by atoms with Gasteiger partial charge in [-0.15, -0.1) is 0 Å². The summed E-state index contributed by atoms with van der Waals surface area (Å²) in [5, 5.41) is 7.22. The van der Waals surface area contributed by atoms with Crippen LogP contribution in [0.25, 0.3) is 22.5 Å². The minimum atomic E-state index is -0.270. The molecule has 1 amide bonds. The quantitative estimate of drug-likeness (QED) is 0.198. The van der Waals surface area contributed by atoms with Crippen LogP contribution in [-0.2, 0) is 16.7 Å². The monoisotopic (exact) mass is 591 g/mol. The summed E-state index contributed by atoms with van der Waals surface area (Å²) in [5.41, 5.74) is 4.59. The minimum absolute atomic E-state index is 0.206. The summed E-state index contributed by atoms with van der Waals surface area (Å²) in [5.74, 6) is 1.72. The molecule has 0 atom stereocenters. The van der Waals surface area contributed by atoms with Gasteiger partial charge < -0.3 is 24.1 Å². The number of amides is 1. The van der Waals surface area contributed by atoms with Crippen LogP contribution in [0.3, 0.4) is 0 Å². The zero-order valence-corrected chi connectivity index (χ0v) is 26.9. The van der Waals surface area contributed by atoms with Gasteiger partial charge in [0.05, 0.1) is 37.6 Å². The first-order valence-corrected chi connectivity index (χ1v) is 15.9. The summed E-state index contributed by atoms with van der Waals surface area (Å²) in [6.45, 7) is 18.6. The molecule has 2 heterocycles. The molecule has 2 aromatic carbocycles. The number of benzene rings is 2. The lowest BCUT2D eigenvalue weighted by atomic mass is 9.84. The van der Waals surface area contributed by atoms with Crippen molar-refractivity contribution in [3.8, 4) is 33.9 Å². The molecule has 0 saturated carbocycles. The van der Waals surface area contributed by atoms with Crippen LogP contribution in [0.15, 0.2) is 40.9 Å². The van der Waals surface area contributed by atoms with E-state index in [1.807, 2.05) is 13.0 Å². The van der Waals surface area contributed by atoms with E-state index in [1.54, 1.807) is 0 Å². The fraction of sp³-hybridized carbons (Fsp3) is 0.543. The molecule has 3 aromatic rings. The van der Waals surface area contributed by atoms with Gasteiger partial charge in [0, 0.05) is 37.8 Å². The van der Waals surface area contributed by atoms with Crippen molar-refractivity contribution < 1.29 is 23.5 Å². The molecular weight excluding hydrogens is 542 g/mol. The zero-order chi connectivity index (χ0) is 30.8. The van der Waals surface area contributed by atoms with Crippen molar-refractivity contribution in [1.29, 1.82) is 0 Å². The molecule has 1 N–H and O–H groups in total. The highest BCUT2D eigenvalue weighted by molar-refractivity contribution is 6.02. The maximum Gasteiger partial charge on any atom is 0.274 e. The van der Waals surface area contributed by atoms with Gasteiger partial charge in [-0.25, -0.2) is 0 Å². The Bertz CT molecular complexity index is 1320. The molecule has 8 nitrogen and oxygen atoms in total. The van der Waals surface area contributed by atoms with E-state index in [1.165, 1.54) is 5.56 Å². The molecule has 8 heteroatoms. The molecule has 0 radical (unpaired) electrons. The normalized spacial score (nSPS) is 14.1. The Morgan fingerprint density at radius 3 is 2.21 bits per heavy atom. The molecule has 1 aliphatic heterocycles. The van der Waals surface area contributed by atoms with Gasteiger partial charge in [-0.2, -0.15) is 0 Å². The Labute approximate surface area is 257 Å². The smallest absolute Gasteiger partial charge is 0.274 e. The largest absolute Gasteiger partial charge is 0.493 e. The van der Waals surface area contributed by atoms with E-state index < -0.39 is 0 Å². The van der Waals surface area contributed by atoms with Crippen molar-refractivity contribution in [2.75, 3.05) is 46.1 Å². The Balaban J connectivity index is 1.83. The fourth-order valence-electron chi connectivity index (χ4n) is 5.15. The number of aromatic nitrogens is 1. The third-order valence-electron chi connectivity index (χ3n) is 7.64. The molecule has 1 fully saturated rings. The van der Waals surface area contributed by atoms with Crippen molar-refractivity contribution in [2.24, 2.45) is 0 Å². The van der Waals surface area contributed by atoms with Crippen LogP contribution in [0, 0.1) is 0 Å². The van der Waals surface area contributed by atoms with Gasteiger partial charge in [0.1, 0.15) is 11.5 Å².